The van der Waals surface area contributed by atoms with E-state index in [2.05, 4.69) is 20.2 Å². The van der Waals surface area contributed by atoms with Crippen molar-refractivity contribution in [2.24, 2.45) is 0 Å². The molecule has 0 unspecified atom stereocenters. The molecule has 0 radical (unpaired) electrons. The van der Waals surface area contributed by atoms with Crippen LogP contribution < -0.4 is 5.32 Å². The summed E-state index contributed by atoms with van der Waals surface area (Å²) in [5, 5.41) is 12.1. The van der Waals surface area contributed by atoms with E-state index in [0.29, 0.717) is 6.04 Å². The van der Waals surface area contributed by atoms with E-state index in [1.165, 1.54) is 19.3 Å². The Morgan fingerprint density at radius 2 is 2.21 bits per heavy atom. The van der Waals surface area contributed by atoms with E-state index in [0.717, 1.165) is 36.8 Å². The van der Waals surface area contributed by atoms with Crippen molar-refractivity contribution in [2.75, 3.05) is 25.5 Å². The van der Waals surface area contributed by atoms with Gasteiger partial charge in [-0.3, -0.25) is 4.90 Å². The van der Waals surface area contributed by atoms with Gasteiger partial charge in [-0.25, -0.2) is 9.97 Å². The molecule has 0 saturated heterocycles. The van der Waals surface area contributed by atoms with E-state index in [1.54, 1.807) is 0 Å². The fourth-order valence-corrected chi connectivity index (χ4v) is 2.43. The van der Waals surface area contributed by atoms with E-state index in [9.17, 15) is 0 Å². The van der Waals surface area contributed by atoms with E-state index < -0.39 is 0 Å². The van der Waals surface area contributed by atoms with Gasteiger partial charge in [-0.05, 0) is 26.2 Å². The van der Waals surface area contributed by atoms with E-state index >= 15 is 0 Å². The lowest BCUT2D eigenvalue weighted by Crippen LogP contribution is -2.40. The summed E-state index contributed by atoms with van der Waals surface area (Å²) in [4.78, 5) is 11.4. The summed E-state index contributed by atoms with van der Waals surface area (Å²) >= 11 is 0. The number of hydrogen-bond acceptors (Lipinski definition) is 5. The van der Waals surface area contributed by atoms with Gasteiger partial charge < -0.3 is 10.4 Å². The first-order valence-electron chi connectivity index (χ1n) is 7.10. The van der Waals surface area contributed by atoms with Gasteiger partial charge in [0, 0.05) is 38.0 Å². The molecule has 1 aliphatic carbocycles. The molecule has 5 heteroatoms. The Balaban J connectivity index is 2.04. The summed E-state index contributed by atoms with van der Waals surface area (Å²) in [5.74, 6) is 1.74. The van der Waals surface area contributed by atoms with Crippen LogP contribution in [0.25, 0.3) is 0 Å². The maximum absolute atomic E-state index is 9.01. The van der Waals surface area contributed by atoms with Gasteiger partial charge in [-0.1, -0.05) is 6.42 Å². The fraction of sp³-hybridized carbons (Fsp3) is 0.714. The van der Waals surface area contributed by atoms with Gasteiger partial charge in [0.25, 0.3) is 0 Å². The van der Waals surface area contributed by atoms with Gasteiger partial charge in [0.1, 0.15) is 11.6 Å². The van der Waals surface area contributed by atoms with Crippen LogP contribution in [0, 0.1) is 6.92 Å². The highest BCUT2D eigenvalue weighted by Crippen LogP contribution is 2.26. The Morgan fingerprint density at radius 3 is 2.79 bits per heavy atom. The smallest absolute Gasteiger partial charge is 0.144 e. The number of nitrogens with zero attached hydrogens (tertiary/aromatic N) is 3. The number of hydrogen-bond donors (Lipinski definition) is 2. The lowest BCUT2D eigenvalue weighted by Gasteiger charge is -2.37. The Labute approximate surface area is 115 Å². The molecule has 106 valence electrons. The number of nitrogens with one attached hydrogen (secondary N) is 1. The van der Waals surface area contributed by atoms with Crippen LogP contribution in [0.5, 0.6) is 0 Å². The van der Waals surface area contributed by atoms with Crippen molar-refractivity contribution in [1.29, 1.82) is 0 Å². The van der Waals surface area contributed by atoms with Crippen LogP contribution in [0.15, 0.2) is 6.07 Å². The van der Waals surface area contributed by atoms with Crippen molar-refractivity contribution < 1.29 is 5.11 Å². The van der Waals surface area contributed by atoms with Gasteiger partial charge in [-0.2, -0.15) is 0 Å². The average Bonchev–Trinajstić information content (AvgIpc) is 2.33. The predicted octanol–water partition coefficient (Wildman–Crippen LogP) is 1.56. The highest BCUT2D eigenvalue weighted by Gasteiger charge is 2.25. The normalized spacial score (nSPS) is 15.6. The number of anilines is 1. The minimum Gasteiger partial charge on any atom is -0.396 e. The van der Waals surface area contributed by atoms with Crippen LogP contribution in [0.2, 0.25) is 0 Å². The SMILES string of the molecule is CNc1cc(C)nc(CN(CCCO)C2CCC2)n1. The maximum atomic E-state index is 9.01. The second-order valence-corrected chi connectivity index (χ2v) is 5.19. The van der Waals surface area contributed by atoms with Gasteiger partial charge >= 0.3 is 0 Å². The zero-order valence-electron chi connectivity index (χ0n) is 11.9. The molecule has 2 rings (SSSR count). The lowest BCUT2D eigenvalue weighted by atomic mass is 9.91. The first-order chi connectivity index (χ1) is 9.22. The van der Waals surface area contributed by atoms with Crippen LogP contribution in [0.1, 0.15) is 37.2 Å². The third kappa shape index (κ3) is 3.88. The minimum absolute atomic E-state index is 0.250. The van der Waals surface area contributed by atoms with Gasteiger partial charge in [0.2, 0.25) is 0 Å². The molecule has 19 heavy (non-hydrogen) atoms. The second-order valence-electron chi connectivity index (χ2n) is 5.19. The maximum Gasteiger partial charge on any atom is 0.144 e. The van der Waals surface area contributed by atoms with Crippen LogP contribution in [-0.2, 0) is 6.54 Å². The molecule has 0 aromatic carbocycles. The summed E-state index contributed by atoms with van der Waals surface area (Å²) in [6.07, 6.45) is 4.66. The van der Waals surface area contributed by atoms with Gasteiger partial charge in [-0.15, -0.1) is 0 Å². The largest absolute Gasteiger partial charge is 0.396 e. The molecular weight excluding hydrogens is 240 g/mol. The highest BCUT2D eigenvalue weighted by molar-refractivity contribution is 5.34. The number of aromatic nitrogens is 2. The van der Waals surface area contributed by atoms with Crippen LogP contribution >= 0.6 is 0 Å². The first-order valence-corrected chi connectivity index (χ1v) is 7.10. The lowest BCUT2D eigenvalue weighted by molar-refractivity contribution is 0.106. The van der Waals surface area contributed by atoms with E-state index in [-0.39, 0.29) is 6.61 Å². The zero-order chi connectivity index (χ0) is 13.7. The summed E-state index contributed by atoms with van der Waals surface area (Å²) in [6.45, 7) is 3.95. The Morgan fingerprint density at radius 1 is 1.42 bits per heavy atom. The van der Waals surface area contributed by atoms with Crippen LogP contribution in [-0.4, -0.2) is 46.2 Å². The standard InChI is InChI=1S/C14H24N4O/c1-11-9-13(15-2)17-14(16-11)10-18(7-4-8-19)12-5-3-6-12/h9,12,19H,3-8,10H2,1-2H3,(H,15,16,17). The predicted molar refractivity (Wildman–Crippen MR) is 76.1 cm³/mol. The Kier molecular flexibility index (Phi) is 5.10. The topological polar surface area (TPSA) is 61.3 Å². The number of aryl methyl sites for hydroxylation is 1. The zero-order valence-corrected chi connectivity index (χ0v) is 11.9. The quantitative estimate of drug-likeness (QED) is 0.782. The van der Waals surface area contributed by atoms with Crippen LogP contribution in [0.4, 0.5) is 5.82 Å². The average molecular weight is 264 g/mol. The Hall–Kier alpha value is -1.20. The molecule has 1 aromatic heterocycles. The summed E-state index contributed by atoms with van der Waals surface area (Å²) in [6, 6.07) is 2.60. The van der Waals surface area contributed by atoms with E-state index in [4.69, 9.17) is 5.11 Å². The molecule has 2 N–H and O–H groups in total. The molecule has 1 aliphatic rings. The fourth-order valence-electron chi connectivity index (χ4n) is 2.43. The van der Waals surface area contributed by atoms with Crippen molar-refractivity contribution in [3.05, 3.63) is 17.6 Å². The van der Waals surface area contributed by atoms with Gasteiger partial charge in [0.05, 0.1) is 6.54 Å². The van der Waals surface area contributed by atoms with Crippen molar-refractivity contribution in [3.8, 4) is 0 Å². The molecule has 0 bridgehead atoms. The van der Waals surface area contributed by atoms with Crippen molar-refractivity contribution in [3.63, 3.8) is 0 Å². The molecule has 1 heterocycles. The van der Waals surface area contributed by atoms with Crippen LogP contribution in [0.3, 0.4) is 0 Å². The number of aliphatic hydroxyl groups excluding tert-OH is 1. The highest BCUT2D eigenvalue weighted by atomic mass is 16.3. The van der Waals surface area contributed by atoms with Gasteiger partial charge in [0.15, 0.2) is 0 Å². The number of aliphatic hydroxyl groups is 1. The monoisotopic (exact) mass is 264 g/mol. The van der Waals surface area contributed by atoms with E-state index in [1.807, 2.05) is 20.0 Å². The molecule has 1 aromatic rings. The molecule has 0 aliphatic heterocycles. The molecule has 0 spiro atoms. The third-order valence-corrected chi connectivity index (χ3v) is 3.70. The molecular formula is C14H24N4O. The summed E-state index contributed by atoms with van der Waals surface area (Å²) < 4.78 is 0. The second kappa shape index (κ2) is 6.82. The Bertz CT molecular complexity index is 406. The first kappa shape index (κ1) is 14.2. The molecule has 5 nitrogen and oxygen atoms in total. The molecule has 0 atom stereocenters. The molecule has 1 fully saturated rings. The molecule has 1 saturated carbocycles. The third-order valence-electron chi connectivity index (χ3n) is 3.70. The van der Waals surface area contributed by atoms with Crippen molar-refractivity contribution >= 4 is 5.82 Å². The minimum atomic E-state index is 0.250. The summed E-state index contributed by atoms with van der Waals surface area (Å²) in [7, 11) is 1.88. The molecule has 0 amide bonds. The summed E-state index contributed by atoms with van der Waals surface area (Å²) in [5.41, 5.74) is 0.991. The number of rotatable bonds is 7. The van der Waals surface area contributed by atoms with Crippen molar-refractivity contribution in [1.82, 2.24) is 14.9 Å². The van der Waals surface area contributed by atoms with Crippen molar-refractivity contribution in [2.45, 2.75) is 45.2 Å².